The molecule has 22 heavy (non-hydrogen) atoms. The molecular weight excluding hydrogens is 318 g/mol. The van der Waals surface area contributed by atoms with E-state index < -0.39 is 51.2 Å². The maximum absolute atomic E-state index is 13.8. The molecule has 1 fully saturated rings. The van der Waals surface area contributed by atoms with Crippen molar-refractivity contribution >= 4 is 15.9 Å². The molecule has 0 spiro atoms. The molecule has 1 aliphatic heterocycles. The Hall–Kier alpha value is -1.58. The largest absolute Gasteiger partial charge is 0.395 e. The number of likely N-dealkylation sites (N-methyl/N-ethyl adjacent to an activating group) is 1. The van der Waals surface area contributed by atoms with Gasteiger partial charge < -0.3 is 10.0 Å². The second-order valence-corrected chi connectivity index (χ2v) is 6.95. The number of amides is 1. The maximum Gasteiger partial charge on any atom is 0.247 e. The van der Waals surface area contributed by atoms with E-state index in [0.717, 1.165) is 16.4 Å². The highest BCUT2D eigenvalue weighted by Gasteiger charge is 2.44. The molecule has 1 aromatic rings. The normalized spacial score (nSPS) is 23.9. The molecule has 1 aromatic carbocycles. The number of hydrogen-bond acceptors (Lipinski definition) is 4. The van der Waals surface area contributed by atoms with Crippen molar-refractivity contribution in [3.8, 4) is 0 Å². The second-order valence-electron chi connectivity index (χ2n) is 5.14. The van der Waals surface area contributed by atoms with Crippen LogP contribution in [0.15, 0.2) is 23.1 Å². The summed E-state index contributed by atoms with van der Waals surface area (Å²) in [6.07, 6.45) is 0. The van der Waals surface area contributed by atoms with Crippen LogP contribution in [0.5, 0.6) is 0 Å². The molecule has 9 heteroatoms. The van der Waals surface area contributed by atoms with E-state index in [0.29, 0.717) is 6.07 Å². The molecule has 1 amide bonds. The fraction of sp³-hybridized carbons (Fsp3) is 0.462. The highest BCUT2D eigenvalue weighted by molar-refractivity contribution is 7.89. The molecule has 0 aliphatic carbocycles. The molecule has 1 saturated heterocycles. The minimum absolute atomic E-state index is 0.0122. The molecule has 0 radical (unpaired) electrons. The van der Waals surface area contributed by atoms with Gasteiger partial charge in [-0.3, -0.25) is 4.79 Å². The van der Waals surface area contributed by atoms with Crippen LogP contribution in [-0.2, 0) is 14.8 Å². The number of sulfonamides is 1. The van der Waals surface area contributed by atoms with E-state index in [1.807, 2.05) is 0 Å². The molecule has 0 aromatic heterocycles. The van der Waals surface area contributed by atoms with Gasteiger partial charge in [-0.1, -0.05) is 0 Å². The molecule has 2 rings (SSSR count). The third-order valence-electron chi connectivity index (χ3n) is 3.62. The quantitative estimate of drug-likeness (QED) is 0.855. The summed E-state index contributed by atoms with van der Waals surface area (Å²) in [6, 6.07) is 0.109. The Balaban J connectivity index is 2.52. The summed E-state index contributed by atoms with van der Waals surface area (Å²) in [4.78, 5) is 12.6. The van der Waals surface area contributed by atoms with Gasteiger partial charge in [0, 0.05) is 19.7 Å². The fourth-order valence-electron chi connectivity index (χ4n) is 2.57. The Morgan fingerprint density at radius 3 is 2.55 bits per heavy atom. The van der Waals surface area contributed by atoms with Gasteiger partial charge in [0.2, 0.25) is 15.9 Å². The Morgan fingerprint density at radius 1 is 1.36 bits per heavy atom. The summed E-state index contributed by atoms with van der Waals surface area (Å²) in [6.45, 7) is 0.825. The van der Waals surface area contributed by atoms with E-state index >= 15 is 0 Å². The summed E-state index contributed by atoms with van der Waals surface area (Å²) in [5.74, 6) is -2.61. The van der Waals surface area contributed by atoms with E-state index in [1.54, 1.807) is 0 Å². The summed E-state index contributed by atoms with van der Waals surface area (Å²) >= 11 is 0. The zero-order valence-electron chi connectivity index (χ0n) is 12.0. The van der Waals surface area contributed by atoms with Crippen LogP contribution in [0.1, 0.15) is 6.92 Å². The first-order chi connectivity index (χ1) is 10.2. The van der Waals surface area contributed by atoms with Crippen molar-refractivity contribution in [2.24, 2.45) is 0 Å². The lowest BCUT2D eigenvalue weighted by Crippen LogP contribution is -2.62. The molecule has 0 bridgehead atoms. The number of aliphatic hydroxyl groups is 1. The van der Waals surface area contributed by atoms with Crippen LogP contribution in [0.4, 0.5) is 8.78 Å². The third-order valence-corrected chi connectivity index (χ3v) is 5.68. The predicted molar refractivity (Wildman–Crippen MR) is 73.4 cm³/mol. The number of carbonyl (C=O) groups excluding carboxylic acids is 1. The van der Waals surface area contributed by atoms with Crippen LogP contribution in [0, 0.1) is 11.6 Å². The molecular formula is C13H16F2N2O4S. The molecule has 122 valence electrons. The number of aliphatic hydroxyl groups excluding tert-OH is 1. The van der Waals surface area contributed by atoms with E-state index in [2.05, 4.69) is 0 Å². The first-order valence-corrected chi connectivity index (χ1v) is 7.98. The van der Waals surface area contributed by atoms with Gasteiger partial charge in [-0.05, 0) is 19.1 Å². The number of nitrogens with zero attached hydrogens (tertiary/aromatic N) is 2. The first kappa shape index (κ1) is 16.8. The number of rotatable bonds is 3. The number of halogens is 2. The summed E-state index contributed by atoms with van der Waals surface area (Å²) in [5.41, 5.74) is 0. The summed E-state index contributed by atoms with van der Waals surface area (Å²) in [7, 11) is -2.90. The van der Waals surface area contributed by atoms with Gasteiger partial charge in [-0.2, -0.15) is 4.31 Å². The SMILES string of the molecule is C[C@H]1C(=O)N(C)C[C@H](CO)N1S(=O)(=O)c1ccc(F)cc1F. The van der Waals surface area contributed by atoms with E-state index in [1.165, 1.54) is 18.9 Å². The van der Waals surface area contributed by atoms with Crippen molar-refractivity contribution in [2.45, 2.75) is 23.9 Å². The minimum atomic E-state index is -4.39. The van der Waals surface area contributed by atoms with Crippen LogP contribution in [0.3, 0.4) is 0 Å². The van der Waals surface area contributed by atoms with Crippen LogP contribution in [-0.4, -0.2) is 60.9 Å². The second kappa shape index (κ2) is 5.90. The molecule has 6 nitrogen and oxygen atoms in total. The van der Waals surface area contributed by atoms with Gasteiger partial charge in [0.25, 0.3) is 0 Å². The summed E-state index contributed by atoms with van der Waals surface area (Å²) < 4.78 is 52.8. The van der Waals surface area contributed by atoms with Crippen molar-refractivity contribution in [2.75, 3.05) is 20.2 Å². The predicted octanol–water partition coefficient (Wildman–Crippen LogP) is 0.177. The van der Waals surface area contributed by atoms with Crippen molar-refractivity contribution < 1.29 is 27.1 Å². The first-order valence-electron chi connectivity index (χ1n) is 6.54. The highest BCUT2D eigenvalue weighted by Crippen LogP contribution is 2.27. The topological polar surface area (TPSA) is 77.9 Å². The average molecular weight is 334 g/mol. The lowest BCUT2D eigenvalue weighted by Gasteiger charge is -2.41. The molecule has 1 N–H and O–H groups in total. The lowest BCUT2D eigenvalue weighted by molar-refractivity contribution is -0.139. The Labute approximate surface area is 127 Å². The number of hydrogen-bond donors (Lipinski definition) is 1. The monoisotopic (exact) mass is 334 g/mol. The van der Waals surface area contributed by atoms with Crippen molar-refractivity contribution in [3.63, 3.8) is 0 Å². The Morgan fingerprint density at radius 2 is 2.00 bits per heavy atom. The fourth-order valence-corrected chi connectivity index (χ4v) is 4.38. The van der Waals surface area contributed by atoms with E-state index in [4.69, 9.17) is 0 Å². The third kappa shape index (κ3) is 2.71. The minimum Gasteiger partial charge on any atom is -0.395 e. The van der Waals surface area contributed by atoms with E-state index in [9.17, 15) is 27.1 Å². The maximum atomic E-state index is 13.8. The lowest BCUT2D eigenvalue weighted by atomic mass is 10.1. The van der Waals surface area contributed by atoms with Crippen molar-refractivity contribution in [1.82, 2.24) is 9.21 Å². The van der Waals surface area contributed by atoms with Crippen molar-refractivity contribution in [3.05, 3.63) is 29.8 Å². The molecule has 0 unspecified atom stereocenters. The number of benzene rings is 1. The molecule has 0 saturated carbocycles. The average Bonchev–Trinajstić information content (AvgIpc) is 2.43. The van der Waals surface area contributed by atoms with Gasteiger partial charge >= 0.3 is 0 Å². The van der Waals surface area contributed by atoms with E-state index in [-0.39, 0.29) is 6.54 Å². The molecule has 1 heterocycles. The van der Waals surface area contributed by atoms with Gasteiger partial charge in [-0.15, -0.1) is 0 Å². The summed E-state index contributed by atoms with van der Waals surface area (Å²) in [5, 5.41) is 9.41. The van der Waals surface area contributed by atoms with Crippen LogP contribution < -0.4 is 0 Å². The Bertz CT molecular complexity index is 695. The number of carbonyl (C=O) groups is 1. The zero-order chi connectivity index (χ0) is 16.7. The van der Waals surface area contributed by atoms with Gasteiger partial charge in [0.15, 0.2) is 0 Å². The smallest absolute Gasteiger partial charge is 0.247 e. The van der Waals surface area contributed by atoms with Gasteiger partial charge in [0.1, 0.15) is 22.6 Å². The van der Waals surface area contributed by atoms with Gasteiger partial charge in [0.05, 0.1) is 12.6 Å². The number of piperazine rings is 1. The standard InChI is InChI=1S/C13H16F2N2O4S/c1-8-13(19)16(2)6-10(7-18)17(8)22(20,21)12-4-3-9(14)5-11(12)15/h3-5,8,10,18H,6-7H2,1-2H3/t8-,10+/m0/s1. The molecule has 2 atom stereocenters. The zero-order valence-corrected chi connectivity index (χ0v) is 12.8. The van der Waals surface area contributed by atoms with Crippen molar-refractivity contribution in [1.29, 1.82) is 0 Å². The Kier molecular flexibility index (Phi) is 4.50. The highest BCUT2D eigenvalue weighted by atomic mass is 32.2. The molecule has 1 aliphatic rings. The van der Waals surface area contributed by atoms with Crippen LogP contribution >= 0.6 is 0 Å². The van der Waals surface area contributed by atoms with Gasteiger partial charge in [-0.25, -0.2) is 17.2 Å². The van der Waals surface area contributed by atoms with Crippen LogP contribution in [0.25, 0.3) is 0 Å². The van der Waals surface area contributed by atoms with Crippen LogP contribution in [0.2, 0.25) is 0 Å².